The van der Waals surface area contributed by atoms with E-state index in [1.165, 1.54) is 41.2 Å². The van der Waals surface area contributed by atoms with Crippen LogP contribution in [-0.2, 0) is 20.6 Å². The highest BCUT2D eigenvalue weighted by Crippen LogP contribution is 2.14. The summed E-state index contributed by atoms with van der Waals surface area (Å²) in [6, 6.07) is 9.64. The highest BCUT2D eigenvalue weighted by molar-refractivity contribution is 7.11. The van der Waals surface area contributed by atoms with E-state index in [4.69, 9.17) is 0 Å². The van der Waals surface area contributed by atoms with Crippen LogP contribution in [0.2, 0.25) is 0 Å². The fraction of sp³-hybridized carbons (Fsp3) is 0.158. The molecule has 0 amide bonds. The van der Waals surface area contributed by atoms with E-state index in [9.17, 15) is 14.0 Å². The Balaban J connectivity index is 1.77. The van der Waals surface area contributed by atoms with Gasteiger partial charge in [-0.1, -0.05) is 18.2 Å². The molecule has 0 unspecified atom stereocenters. The van der Waals surface area contributed by atoms with Crippen molar-refractivity contribution >= 4 is 34.7 Å². The van der Waals surface area contributed by atoms with Gasteiger partial charge in [0.25, 0.3) is 5.56 Å². The Kier molecular flexibility index (Phi) is 4.85. The highest BCUT2D eigenvalue weighted by Gasteiger charge is 2.18. The molecule has 0 bridgehead atoms. The second-order valence-electron chi connectivity index (χ2n) is 6.41. The van der Waals surface area contributed by atoms with Gasteiger partial charge < -0.3 is 4.57 Å². The minimum atomic E-state index is -0.529. The van der Waals surface area contributed by atoms with E-state index in [-0.39, 0.29) is 17.7 Å². The Bertz CT molecular complexity index is 1330. The summed E-state index contributed by atoms with van der Waals surface area (Å²) in [6.45, 7) is -0.0380. The van der Waals surface area contributed by atoms with Crippen molar-refractivity contribution in [2.45, 2.75) is 6.54 Å². The quantitative estimate of drug-likeness (QED) is 0.402. The van der Waals surface area contributed by atoms with Gasteiger partial charge in [-0.3, -0.25) is 13.9 Å². The Labute approximate surface area is 168 Å². The zero-order valence-corrected chi connectivity index (χ0v) is 16.5. The number of hydrogen-bond acceptors (Lipinski definition) is 6. The van der Waals surface area contributed by atoms with Crippen molar-refractivity contribution in [1.29, 1.82) is 0 Å². The summed E-state index contributed by atoms with van der Waals surface area (Å²) in [5.41, 5.74) is 2.78. The van der Waals surface area contributed by atoms with Crippen LogP contribution in [0.5, 0.6) is 0 Å². The lowest BCUT2D eigenvalue weighted by atomic mass is 10.2. The number of hydrazone groups is 1. The van der Waals surface area contributed by atoms with Crippen LogP contribution in [-0.4, -0.2) is 24.9 Å². The maximum Gasteiger partial charge on any atom is 0.332 e. The van der Waals surface area contributed by atoms with Crippen molar-refractivity contribution in [3.63, 3.8) is 0 Å². The molecule has 0 spiro atoms. The van der Waals surface area contributed by atoms with Crippen LogP contribution in [0, 0.1) is 5.82 Å². The lowest BCUT2D eigenvalue weighted by Gasteiger charge is -2.08. The van der Waals surface area contributed by atoms with E-state index in [1.807, 2.05) is 17.5 Å². The maximum absolute atomic E-state index is 13.5. The molecule has 29 heavy (non-hydrogen) atoms. The summed E-state index contributed by atoms with van der Waals surface area (Å²) in [4.78, 5) is 31.0. The highest BCUT2D eigenvalue weighted by atomic mass is 32.1. The predicted octanol–water partition coefficient (Wildman–Crippen LogP) is 2.13. The van der Waals surface area contributed by atoms with Crippen molar-refractivity contribution in [1.82, 2.24) is 18.7 Å². The van der Waals surface area contributed by atoms with Crippen LogP contribution in [0.15, 0.2) is 56.5 Å². The second kappa shape index (κ2) is 7.47. The minimum absolute atomic E-state index is 0.0380. The summed E-state index contributed by atoms with van der Waals surface area (Å²) in [5, 5.41) is 6.07. The number of nitrogens with one attached hydrogen (secondary N) is 1. The molecule has 0 atom stereocenters. The minimum Gasteiger partial charge on any atom is -0.306 e. The zero-order chi connectivity index (χ0) is 20.5. The van der Waals surface area contributed by atoms with Gasteiger partial charge in [-0.15, -0.1) is 11.3 Å². The number of thiophene rings is 1. The van der Waals surface area contributed by atoms with Crippen LogP contribution in [0.1, 0.15) is 10.4 Å². The Morgan fingerprint density at radius 1 is 1.21 bits per heavy atom. The van der Waals surface area contributed by atoms with Gasteiger partial charge >= 0.3 is 5.69 Å². The van der Waals surface area contributed by atoms with Crippen LogP contribution >= 0.6 is 11.3 Å². The van der Waals surface area contributed by atoms with E-state index in [0.29, 0.717) is 11.5 Å². The molecule has 0 saturated heterocycles. The topological polar surface area (TPSA) is 86.2 Å². The van der Waals surface area contributed by atoms with Crippen LogP contribution in [0.4, 0.5) is 10.3 Å². The van der Waals surface area contributed by atoms with Gasteiger partial charge in [0.2, 0.25) is 5.95 Å². The van der Waals surface area contributed by atoms with Crippen molar-refractivity contribution in [3.05, 3.63) is 78.9 Å². The molecule has 10 heteroatoms. The first kappa shape index (κ1) is 18.8. The van der Waals surface area contributed by atoms with E-state index in [2.05, 4.69) is 15.5 Å². The molecule has 4 aromatic rings. The van der Waals surface area contributed by atoms with E-state index >= 15 is 0 Å². The SMILES string of the molecule is Cn1c(N/N=C/c2cccs2)nc2c1c(=O)n(Cc1cccc(F)c1)c(=O)n2C. The first-order valence-corrected chi connectivity index (χ1v) is 9.57. The third-order valence-electron chi connectivity index (χ3n) is 4.49. The van der Waals surface area contributed by atoms with E-state index in [0.717, 1.165) is 9.44 Å². The molecule has 1 aromatic carbocycles. The third-order valence-corrected chi connectivity index (χ3v) is 5.30. The number of benzene rings is 1. The molecule has 0 saturated carbocycles. The number of rotatable bonds is 5. The van der Waals surface area contributed by atoms with Gasteiger partial charge in [0.1, 0.15) is 5.82 Å². The Morgan fingerprint density at radius 3 is 2.76 bits per heavy atom. The van der Waals surface area contributed by atoms with Gasteiger partial charge in [0.15, 0.2) is 11.2 Å². The lowest BCUT2D eigenvalue weighted by Crippen LogP contribution is -2.39. The molecule has 0 aliphatic rings. The van der Waals surface area contributed by atoms with Gasteiger partial charge in [-0.05, 0) is 29.1 Å². The number of aromatic nitrogens is 4. The van der Waals surface area contributed by atoms with Crippen LogP contribution in [0.3, 0.4) is 0 Å². The van der Waals surface area contributed by atoms with Crippen molar-refractivity contribution in [2.75, 3.05) is 5.43 Å². The van der Waals surface area contributed by atoms with E-state index in [1.54, 1.807) is 23.9 Å². The van der Waals surface area contributed by atoms with Gasteiger partial charge in [-0.25, -0.2) is 14.6 Å². The number of fused-ring (bicyclic) bond motifs is 1. The number of imidazole rings is 1. The summed E-state index contributed by atoms with van der Waals surface area (Å²) in [6.07, 6.45) is 1.64. The smallest absolute Gasteiger partial charge is 0.306 e. The molecule has 148 valence electrons. The molecular weight excluding hydrogens is 395 g/mol. The van der Waals surface area contributed by atoms with Gasteiger partial charge in [0.05, 0.1) is 12.8 Å². The zero-order valence-electron chi connectivity index (χ0n) is 15.7. The molecular formula is C19H17FN6O2S. The summed E-state index contributed by atoms with van der Waals surface area (Å²) >= 11 is 1.54. The lowest BCUT2D eigenvalue weighted by molar-refractivity contribution is 0.616. The largest absolute Gasteiger partial charge is 0.332 e. The van der Waals surface area contributed by atoms with Gasteiger partial charge in [-0.2, -0.15) is 10.1 Å². The van der Waals surface area contributed by atoms with Crippen LogP contribution in [0.25, 0.3) is 11.2 Å². The fourth-order valence-corrected chi connectivity index (χ4v) is 3.60. The number of hydrogen-bond donors (Lipinski definition) is 1. The molecule has 0 fully saturated rings. The molecule has 0 aliphatic heterocycles. The average molecular weight is 412 g/mol. The summed E-state index contributed by atoms with van der Waals surface area (Å²) in [7, 11) is 3.20. The molecule has 0 radical (unpaired) electrons. The fourth-order valence-electron chi connectivity index (χ4n) is 3.02. The first-order valence-electron chi connectivity index (χ1n) is 8.69. The van der Waals surface area contributed by atoms with Crippen molar-refractivity contribution < 1.29 is 4.39 Å². The van der Waals surface area contributed by atoms with Crippen molar-refractivity contribution in [3.8, 4) is 0 Å². The number of nitrogens with zero attached hydrogens (tertiary/aromatic N) is 5. The molecule has 0 aliphatic carbocycles. The van der Waals surface area contributed by atoms with E-state index < -0.39 is 17.1 Å². The second-order valence-corrected chi connectivity index (χ2v) is 7.39. The predicted molar refractivity (Wildman–Crippen MR) is 111 cm³/mol. The van der Waals surface area contributed by atoms with Crippen molar-refractivity contribution in [2.24, 2.45) is 19.2 Å². The molecule has 8 nitrogen and oxygen atoms in total. The molecule has 4 rings (SSSR count). The number of halogens is 1. The standard InChI is InChI=1S/C19H17FN6O2S/c1-24-15-16(22-18(24)23-21-10-14-7-4-8-29-14)25(2)19(28)26(17(15)27)11-12-5-3-6-13(20)9-12/h3-10H,11H2,1-2H3,(H,22,23)/b21-10+. The average Bonchev–Trinajstić information content (AvgIpc) is 3.32. The van der Waals surface area contributed by atoms with Crippen LogP contribution < -0.4 is 16.7 Å². The monoisotopic (exact) mass is 412 g/mol. The Hall–Kier alpha value is -3.53. The van der Waals surface area contributed by atoms with Gasteiger partial charge in [0, 0.05) is 19.0 Å². The first-order chi connectivity index (χ1) is 14.0. The molecule has 3 heterocycles. The third kappa shape index (κ3) is 3.49. The Morgan fingerprint density at radius 2 is 2.03 bits per heavy atom. The summed E-state index contributed by atoms with van der Waals surface area (Å²) < 4.78 is 17.4. The molecule has 3 aromatic heterocycles. The number of anilines is 1. The summed E-state index contributed by atoms with van der Waals surface area (Å²) in [5.74, 6) is -0.104. The number of aryl methyl sites for hydroxylation is 2. The molecule has 1 N–H and O–H groups in total. The normalized spacial score (nSPS) is 11.6. The maximum atomic E-state index is 13.5.